The third-order valence-electron chi connectivity index (χ3n) is 6.14. The van der Waals surface area contributed by atoms with Crippen LogP contribution >= 0.6 is 11.6 Å². The van der Waals surface area contributed by atoms with Crippen LogP contribution in [0.2, 0.25) is 5.02 Å². The first-order valence-electron chi connectivity index (χ1n) is 11.0. The highest BCUT2D eigenvalue weighted by Gasteiger charge is 2.28. The molecule has 1 N–H and O–H groups in total. The number of benzene rings is 4. The topological polar surface area (TPSA) is 66.5 Å². The summed E-state index contributed by atoms with van der Waals surface area (Å²) in [5.41, 5.74) is 4.48. The van der Waals surface area contributed by atoms with Crippen LogP contribution in [0.15, 0.2) is 83.8 Å². The number of hydrogen-bond donors (Lipinski definition) is 1. The predicted octanol–water partition coefficient (Wildman–Crippen LogP) is 5.73. The molecule has 34 heavy (non-hydrogen) atoms. The van der Waals surface area contributed by atoms with E-state index in [1.54, 1.807) is 48.5 Å². The number of rotatable bonds is 6. The quantitative estimate of drug-likeness (QED) is 0.375. The summed E-state index contributed by atoms with van der Waals surface area (Å²) in [5.74, 6) is -0.436. The van der Waals surface area contributed by atoms with Crippen molar-refractivity contribution in [1.82, 2.24) is 0 Å². The molecule has 4 aromatic rings. The molecule has 0 spiro atoms. The van der Waals surface area contributed by atoms with E-state index in [0.29, 0.717) is 16.4 Å². The monoisotopic (exact) mass is 490 g/mol. The third kappa shape index (κ3) is 4.15. The molecule has 1 aliphatic carbocycles. The van der Waals surface area contributed by atoms with Crippen LogP contribution < -0.4 is 9.62 Å². The maximum absolute atomic E-state index is 13.6. The van der Waals surface area contributed by atoms with Crippen LogP contribution in [-0.4, -0.2) is 20.9 Å². The van der Waals surface area contributed by atoms with Crippen molar-refractivity contribution >= 4 is 49.7 Å². The fourth-order valence-corrected chi connectivity index (χ4v) is 6.06. The lowest BCUT2D eigenvalue weighted by Gasteiger charge is -2.24. The number of sulfonamides is 1. The second-order valence-electron chi connectivity index (χ2n) is 8.46. The van der Waals surface area contributed by atoms with E-state index in [1.807, 2.05) is 31.2 Å². The summed E-state index contributed by atoms with van der Waals surface area (Å²) >= 11 is 6.15. The SMILES string of the molecule is Cc1ccc(S(=O)(=O)N(CC(=O)Nc2ccc3c4c(cccc24)CC3)c2cccc(Cl)c2)cc1. The van der Waals surface area contributed by atoms with Gasteiger partial charge in [0.2, 0.25) is 5.91 Å². The van der Waals surface area contributed by atoms with Crippen molar-refractivity contribution in [1.29, 1.82) is 0 Å². The molecule has 0 saturated carbocycles. The predicted molar refractivity (Wildman–Crippen MR) is 137 cm³/mol. The molecule has 0 radical (unpaired) electrons. The molecule has 0 bridgehead atoms. The van der Waals surface area contributed by atoms with Gasteiger partial charge in [0.1, 0.15) is 6.54 Å². The van der Waals surface area contributed by atoms with Gasteiger partial charge in [-0.2, -0.15) is 0 Å². The molecule has 172 valence electrons. The van der Waals surface area contributed by atoms with E-state index in [1.165, 1.54) is 16.5 Å². The zero-order valence-electron chi connectivity index (χ0n) is 18.6. The smallest absolute Gasteiger partial charge is 0.264 e. The molecule has 0 fully saturated rings. The molecular weight excluding hydrogens is 468 g/mol. The summed E-state index contributed by atoms with van der Waals surface area (Å²) in [6.07, 6.45) is 1.98. The maximum Gasteiger partial charge on any atom is 0.264 e. The van der Waals surface area contributed by atoms with Gasteiger partial charge in [-0.15, -0.1) is 0 Å². The van der Waals surface area contributed by atoms with Crippen molar-refractivity contribution in [3.63, 3.8) is 0 Å². The second kappa shape index (κ2) is 8.78. The lowest BCUT2D eigenvalue weighted by Crippen LogP contribution is -2.38. The molecule has 4 aromatic carbocycles. The van der Waals surface area contributed by atoms with Crippen LogP contribution in [0.5, 0.6) is 0 Å². The molecular formula is C27H23ClN2O3S. The zero-order valence-corrected chi connectivity index (χ0v) is 20.2. The summed E-state index contributed by atoms with van der Waals surface area (Å²) in [6, 6.07) is 23.1. The Labute approximate surface area is 204 Å². The van der Waals surface area contributed by atoms with Gasteiger partial charge in [-0.25, -0.2) is 8.42 Å². The highest BCUT2D eigenvalue weighted by Crippen LogP contribution is 2.35. The highest BCUT2D eigenvalue weighted by molar-refractivity contribution is 7.92. The largest absolute Gasteiger partial charge is 0.324 e. The zero-order chi connectivity index (χ0) is 23.9. The van der Waals surface area contributed by atoms with Gasteiger partial charge < -0.3 is 5.32 Å². The number of halogens is 1. The van der Waals surface area contributed by atoms with Crippen molar-refractivity contribution in [3.05, 3.63) is 101 Å². The molecule has 0 atom stereocenters. The van der Waals surface area contributed by atoms with E-state index in [-0.39, 0.29) is 11.4 Å². The molecule has 5 nitrogen and oxygen atoms in total. The van der Waals surface area contributed by atoms with E-state index in [4.69, 9.17) is 11.6 Å². The average Bonchev–Trinajstić information content (AvgIpc) is 3.24. The average molecular weight is 491 g/mol. The number of nitrogens with zero attached hydrogens (tertiary/aromatic N) is 1. The Morgan fingerprint density at radius 1 is 0.941 bits per heavy atom. The van der Waals surface area contributed by atoms with Gasteiger partial charge >= 0.3 is 0 Å². The molecule has 1 amide bonds. The van der Waals surface area contributed by atoms with Crippen molar-refractivity contribution in [2.24, 2.45) is 0 Å². The third-order valence-corrected chi connectivity index (χ3v) is 8.17. The van der Waals surface area contributed by atoms with Crippen LogP contribution in [0.25, 0.3) is 10.8 Å². The summed E-state index contributed by atoms with van der Waals surface area (Å²) in [4.78, 5) is 13.3. The summed E-state index contributed by atoms with van der Waals surface area (Å²) in [6.45, 7) is 1.50. The van der Waals surface area contributed by atoms with Crippen molar-refractivity contribution < 1.29 is 13.2 Å². The lowest BCUT2D eigenvalue weighted by atomic mass is 10.0. The molecule has 0 aliphatic heterocycles. The minimum atomic E-state index is -4.01. The number of amides is 1. The summed E-state index contributed by atoms with van der Waals surface area (Å²) in [7, 11) is -4.01. The number of carbonyl (C=O) groups is 1. The molecule has 0 unspecified atom stereocenters. The van der Waals surface area contributed by atoms with E-state index < -0.39 is 15.9 Å². The van der Waals surface area contributed by atoms with Crippen LogP contribution in [0.3, 0.4) is 0 Å². The first-order chi connectivity index (χ1) is 16.3. The standard InChI is InChI=1S/C27H23ClN2O3S/c1-18-8-13-23(14-9-18)34(32,33)30(22-6-3-5-21(28)16-22)17-26(31)29-25-15-12-20-11-10-19-4-2-7-24(25)27(19)20/h2-9,12-16H,10-11,17H2,1H3,(H,29,31). The Morgan fingerprint density at radius 3 is 2.38 bits per heavy atom. The van der Waals surface area contributed by atoms with Crippen molar-refractivity contribution in [2.45, 2.75) is 24.7 Å². The minimum absolute atomic E-state index is 0.108. The van der Waals surface area contributed by atoms with Gasteiger partial charge in [0.15, 0.2) is 0 Å². The number of hydrogen-bond acceptors (Lipinski definition) is 3. The first kappa shape index (κ1) is 22.4. The number of anilines is 2. The summed E-state index contributed by atoms with van der Waals surface area (Å²) < 4.78 is 28.2. The van der Waals surface area contributed by atoms with Crippen LogP contribution in [0.4, 0.5) is 11.4 Å². The normalized spacial score (nSPS) is 12.6. The highest BCUT2D eigenvalue weighted by atomic mass is 35.5. The number of carbonyl (C=O) groups excluding carboxylic acids is 1. The van der Waals surface area contributed by atoms with E-state index >= 15 is 0 Å². The van der Waals surface area contributed by atoms with Gasteiger partial charge in [0.05, 0.1) is 10.6 Å². The van der Waals surface area contributed by atoms with Gasteiger partial charge in [0.25, 0.3) is 10.0 Å². The minimum Gasteiger partial charge on any atom is -0.324 e. The van der Waals surface area contributed by atoms with Crippen LogP contribution in [-0.2, 0) is 27.7 Å². The fraction of sp³-hybridized carbons (Fsp3) is 0.148. The first-order valence-corrected chi connectivity index (χ1v) is 12.8. The van der Waals surface area contributed by atoms with E-state index in [0.717, 1.165) is 28.1 Å². The van der Waals surface area contributed by atoms with Crippen LogP contribution in [0.1, 0.15) is 16.7 Å². The molecule has 5 rings (SSSR count). The Hall–Kier alpha value is -3.35. The Balaban J connectivity index is 1.49. The molecule has 1 aliphatic rings. The fourth-order valence-electron chi connectivity index (χ4n) is 4.46. The van der Waals surface area contributed by atoms with Gasteiger partial charge in [0, 0.05) is 16.1 Å². The second-order valence-corrected chi connectivity index (χ2v) is 10.8. The van der Waals surface area contributed by atoms with Crippen molar-refractivity contribution in [2.75, 3.05) is 16.2 Å². The van der Waals surface area contributed by atoms with Gasteiger partial charge in [-0.1, -0.05) is 59.6 Å². The summed E-state index contributed by atoms with van der Waals surface area (Å²) in [5, 5.41) is 5.47. The number of aryl methyl sites for hydroxylation is 3. The molecule has 0 aromatic heterocycles. The van der Waals surface area contributed by atoms with Gasteiger partial charge in [-0.05, 0) is 72.7 Å². The van der Waals surface area contributed by atoms with Crippen molar-refractivity contribution in [3.8, 4) is 0 Å². The molecule has 0 saturated heterocycles. The van der Waals surface area contributed by atoms with Gasteiger partial charge in [-0.3, -0.25) is 9.10 Å². The lowest BCUT2D eigenvalue weighted by molar-refractivity contribution is -0.114. The number of nitrogens with one attached hydrogen (secondary N) is 1. The van der Waals surface area contributed by atoms with E-state index in [9.17, 15) is 13.2 Å². The molecule has 0 heterocycles. The Bertz CT molecular complexity index is 1500. The van der Waals surface area contributed by atoms with E-state index in [2.05, 4.69) is 11.4 Å². The van der Waals surface area contributed by atoms with Crippen LogP contribution in [0, 0.1) is 6.92 Å². The Morgan fingerprint density at radius 2 is 1.65 bits per heavy atom. The maximum atomic E-state index is 13.6. The Kier molecular flexibility index (Phi) is 5.80. The molecule has 7 heteroatoms.